The molecule has 1 aromatic carbocycles. The van der Waals surface area contributed by atoms with Gasteiger partial charge in [-0.05, 0) is 44.4 Å². The molecule has 0 unspecified atom stereocenters. The van der Waals surface area contributed by atoms with Crippen LogP contribution in [0.15, 0.2) is 34.6 Å². The molecule has 1 amide bonds. The number of aryl methyl sites for hydroxylation is 1. The highest BCUT2D eigenvalue weighted by molar-refractivity contribution is 7.09. The van der Waals surface area contributed by atoms with Crippen molar-refractivity contribution >= 4 is 28.9 Å². The maximum atomic E-state index is 12.4. The Kier molecular flexibility index (Phi) is 7.63. The summed E-state index contributed by atoms with van der Waals surface area (Å²) in [5.74, 6) is 1.16. The second-order valence-electron chi connectivity index (χ2n) is 7.56. The van der Waals surface area contributed by atoms with Crippen molar-refractivity contribution in [1.29, 1.82) is 0 Å². The van der Waals surface area contributed by atoms with Crippen molar-refractivity contribution in [2.75, 3.05) is 18.9 Å². The summed E-state index contributed by atoms with van der Waals surface area (Å²) in [6.45, 7) is 6.15. The Balaban J connectivity index is 1.63. The minimum absolute atomic E-state index is 0.148. The number of aromatic nitrogens is 1. The summed E-state index contributed by atoms with van der Waals surface area (Å²) in [7, 11) is 2.02. The lowest BCUT2D eigenvalue weighted by Crippen LogP contribution is -2.38. The number of nitrogens with zero attached hydrogens (tertiary/aromatic N) is 3. The summed E-state index contributed by atoms with van der Waals surface area (Å²) >= 11 is 1.66. The first kappa shape index (κ1) is 21.3. The molecule has 1 aliphatic rings. The van der Waals surface area contributed by atoms with Crippen LogP contribution in [0, 0.1) is 12.8 Å². The number of hydrogen-bond acceptors (Lipinski definition) is 4. The number of carbonyl (C=O) groups is 1. The molecule has 29 heavy (non-hydrogen) atoms. The fourth-order valence-electron chi connectivity index (χ4n) is 3.61. The molecule has 0 bridgehead atoms. The number of benzene rings is 1. The van der Waals surface area contributed by atoms with Gasteiger partial charge in [-0.2, -0.15) is 0 Å². The van der Waals surface area contributed by atoms with Gasteiger partial charge in [-0.1, -0.05) is 25.0 Å². The molecular formula is C22H31N5OS. The van der Waals surface area contributed by atoms with Crippen molar-refractivity contribution in [3.05, 3.63) is 45.9 Å². The van der Waals surface area contributed by atoms with Gasteiger partial charge in [0.15, 0.2) is 5.96 Å². The molecular weight excluding hydrogens is 382 g/mol. The fraction of sp³-hybridized carbons (Fsp3) is 0.500. The molecule has 0 saturated heterocycles. The highest BCUT2D eigenvalue weighted by Crippen LogP contribution is 2.26. The van der Waals surface area contributed by atoms with E-state index in [1.807, 2.05) is 38.2 Å². The number of thiazole rings is 1. The van der Waals surface area contributed by atoms with E-state index < -0.39 is 0 Å². The van der Waals surface area contributed by atoms with Crippen LogP contribution in [-0.4, -0.2) is 35.3 Å². The van der Waals surface area contributed by atoms with Crippen molar-refractivity contribution in [2.45, 2.75) is 52.6 Å². The molecule has 0 atom stereocenters. The monoisotopic (exact) mass is 413 g/mol. The normalized spacial score (nSPS) is 14.8. The maximum Gasteiger partial charge on any atom is 0.227 e. The summed E-state index contributed by atoms with van der Waals surface area (Å²) in [6.07, 6.45) is 4.33. The van der Waals surface area contributed by atoms with E-state index in [2.05, 4.69) is 32.8 Å². The molecule has 1 aromatic heterocycles. The third kappa shape index (κ3) is 6.29. The summed E-state index contributed by atoms with van der Waals surface area (Å²) in [4.78, 5) is 23.8. The van der Waals surface area contributed by atoms with E-state index in [1.54, 1.807) is 11.3 Å². The molecule has 1 heterocycles. The van der Waals surface area contributed by atoms with Gasteiger partial charge in [0.25, 0.3) is 0 Å². The number of anilines is 1. The quantitative estimate of drug-likeness (QED) is 0.528. The van der Waals surface area contributed by atoms with Crippen molar-refractivity contribution in [3.8, 4) is 0 Å². The van der Waals surface area contributed by atoms with Gasteiger partial charge in [-0.15, -0.1) is 11.3 Å². The third-order valence-corrected chi connectivity index (χ3v) is 5.92. The van der Waals surface area contributed by atoms with E-state index in [9.17, 15) is 4.79 Å². The number of rotatable bonds is 7. The highest BCUT2D eigenvalue weighted by Gasteiger charge is 2.22. The first-order valence-electron chi connectivity index (χ1n) is 10.4. The van der Waals surface area contributed by atoms with Crippen LogP contribution in [0.3, 0.4) is 0 Å². The lowest BCUT2D eigenvalue weighted by Gasteiger charge is -2.21. The zero-order chi connectivity index (χ0) is 20.6. The van der Waals surface area contributed by atoms with Crippen LogP contribution < -0.4 is 10.6 Å². The van der Waals surface area contributed by atoms with Crippen molar-refractivity contribution < 1.29 is 4.79 Å². The first-order valence-corrected chi connectivity index (χ1v) is 11.2. The van der Waals surface area contributed by atoms with Crippen molar-refractivity contribution in [1.82, 2.24) is 15.2 Å². The Morgan fingerprint density at radius 2 is 2.14 bits per heavy atom. The average Bonchev–Trinajstić information content (AvgIpc) is 3.37. The number of guanidine groups is 1. The molecule has 0 radical (unpaired) electrons. The van der Waals surface area contributed by atoms with Gasteiger partial charge < -0.3 is 15.5 Å². The summed E-state index contributed by atoms with van der Waals surface area (Å²) in [5, 5.41) is 9.58. The molecule has 0 aliphatic heterocycles. The third-order valence-electron chi connectivity index (χ3n) is 5.09. The molecule has 1 saturated carbocycles. The Morgan fingerprint density at radius 3 is 2.83 bits per heavy atom. The van der Waals surface area contributed by atoms with E-state index >= 15 is 0 Å². The average molecular weight is 414 g/mol. The number of aliphatic imine (C=N–C) groups is 1. The minimum Gasteiger partial charge on any atom is -0.357 e. The second kappa shape index (κ2) is 10.4. The Morgan fingerprint density at radius 1 is 1.34 bits per heavy atom. The van der Waals surface area contributed by atoms with Crippen LogP contribution in [0.1, 0.15) is 48.9 Å². The molecule has 2 aromatic rings. The topological polar surface area (TPSA) is 69.6 Å². The molecule has 1 aliphatic carbocycles. The van der Waals surface area contributed by atoms with Crippen molar-refractivity contribution in [3.63, 3.8) is 0 Å². The predicted octanol–water partition coefficient (Wildman–Crippen LogP) is 4.18. The highest BCUT2D eigenvalue weighted by atomic mass is 32.1. The number of amides is 1. The molecule has 3 rings (SSSR count). The van der Waals surface area contributed by atoms with Crippen LogP contribution in [0.5, 0.6) is 0 Å². The van der Waals surface area contributed by atoms with Gasteiger partial charge in [-0.3, -0.25) is 4.79 Å². The summed E-state index contributed by atoms with van der Waals surface area (Å²) < 4.78 is 0. The molecule has 0 spiro atoms. The van der Waals surface area contributed by atoms with Crippen LogP contribution >= 0.6 is 11.3 Å². The minimum atomic E-state index is 0.148. The number of carbonyl (C=O) groups excluding carboxylic acids is 1. The lowest BCUT2D eigenvalue weighted by molar-refractivity contribution is -0.119. The van der Waals surface area contributed by atoms with Gasteiger partial charge >= 0.3 is 0 Å². The maximum absolute atomic E-state index is 12.4. The van der Waals surface area contributed by atoms with Gasteiger partial charge in [0, 0.05) is 30.6 Å². The van der Waals surface area contributed by atoms with E-state index in [4.69, 9.17) is 4.99 Å². The molecule has 7 heteroatoms. The zero-order valence-electron chi connectivity index (χ0n) is 17.6. The van der Waals surface area contributed by atoms with Gasteiger partial charge in [0.2, 0.25) is 5.91 Å². The standard InChI is InChI=1S/C22H31N5OS/c1-4-23-22(27(3)14-20-15-29-16(2)25-20)24-13-17-8-7-11-19(12-17)26-21(28)18-9-5-6-10-18/h7-8,11-12,15,18H,4-6,9-10,13-14H2,1-3H3,(H,23,24)(H,26,28). The van der Waals surface area contributed by atoms with E-state index in [-0.39, 0.29) is 11.8 Å². The van der Waals surface area contributed by atoms with Crippen LogP contribution in [0.25, 0.3) is 0 Å². The second-order valence-corrected chi connectivity index (χ2v) is 8.62. The molecule has 6 nitrogen and oxygen atoms in total. The van der Waals surface area contributed by atoms with Crippen LogP contribution in [-0.2, 0) is 17.9 Å². The number of nitrogens with one attached hydrogen (secondary N) is 2. The van der Waals surface area contributed by atoms with Gasteiger partial charge in [-0.25, -0.2) is 9.98 Å². The van der Waals surface area contributed by atoms with E-state index in [0.29, 0.717) is 13.1 Å². The van der Waals surface area contributed by atoms with Gasteiger partial charge in [0.1, 0.15) is 0 Å². The fourth-order valence-corrected chi connectivity index (χ4v) is 4.22. The van der Waals surface area contributed by atoms with Gasteiger partial charge in [0.05, 0.1) is 23.8 Å². The SMILES string of the molecule is CCNC(=NCc1cccc(NC(=O)C2CCCC2)c1)N(C)Cc1csc(C)n1. The van der Waals surface area contributed by atoms with Crippen LogP contribution in [0.4, 0.5) is 5.69 Å². The first-order chi connectivity index (χ1) is 14.0. The Labute approximate surface area is 177 Å². The molecule has 1 fully saturated rings. The van der Waals surface area contributed by atoms with Crippen LogP contribution in [0.2, 0.25) is 0 Å². The zero-order valence-corrected chi connectivity index (χ0v) is 18.4. The smallest absolute Gasteiger partial charge is 0.227 e. The number of hydrogen-bond donors (Lipinski definition) is 2. The predicted molar refractivity (Wildman–Crippen MR) is 120 cm³/mol. The Hall–Kier alpha value is -2.41. The van der Waals surface area contributed by atoms with Crippen molar-refractivity contribution in [2.24, 2.45) is 10.9 Å². The van der Waals surface area contributed by atoms with E-state index in [1.165, 1.54) is 0 Å². The van der Waals surface area contributed by atoms with E-state index in [0.717, 1.165) is 60.1 Å². The molecule has 2 N–H and O–H groups in total. The largest absolute Gasteiger partial charge is 0.357 e. The molecule has 156 valence electrons. The summed E-state index contributed by atoms with van der Waals surface area (Å²) in [5.41, 5.74) is 2.98. The Bertz CT molecular complexity index is 841. The lowest BCUT2D eigenvalue weighted by atomic mass is 10.1. The summed E-state index contributed by atoms with van der Waals surface area (Å²) in [6, 6.07) is 7.98.